The van der Waals surface area contributed by atoms with E-state index in [1.54, 1.807) is 19.5 Å². The Balaban J connectivity index is 1.34. The van der Waals surface area contributed by atoms with Gasteiger partial charge in [0.05, 0.1) is 7.11 Å². The lowest BCUT2D eigenvalue weighted by Crippen LogP contribution is -2.20. The zero-order valence-corrected chi connectivity index (χ0v) is 14.9. The standard InChI is InChI=1S/C20H23N5O/c1-26-18-4-2-3-15(11-18)13-25-10-7-16(14-25)12-19-22-20(24-23-19)17-5-8-21-9-6-17/h2-6,8-9,11,16H,7,10,12-14H2,1H3,(H,22,23,24). The number of nitrogens with one attached hydrogen (secondary N) is 1. The number of hydrogen-bond donors (Lipinski definition) is 1. The van der Waals surface area contributed by atoms with E-state index in [-0.39, 0.29) is 0 Å². The summed E-state index contributed by atoms with van der Waals surface area (Å²) in [5.74, 6) is 3.24. The zero-order chi connectivity index (χ0) is 17.8. The molecule has 1 aromatic carbocycles. The van der Waals surface area contributed by atoms with Gasteiger partial charge in [0.25, 0.3) is 0 Å². The lowest BCUT2D eigenvalue weighted by molar-refractivity contribution is 0.315. The Hall–Kier alpha value is -2.73. The first-order chi connectivity index (χ1) is 12.8. The molecule has 26 heavy (non-hydrogen) atoms. The van der Waals surface area contributed by atoms with Crippen molar-refractivity contribution in [3.05, 3.63) is 60.2 Å². The van der Waals surface area contributed by atoms with E-state index in [0.717, 1.165) is 49.0 Å². The van der Waals surface area contributed by atoms with E-state index >= 15 is 0 Å². The molecule has 1 saturated heterocycles. The molecule has 1 N–H and O–H groups in total. The van der Waals surface area contributed by atoms with Gasteiger partial charge in [0.1, 0.15) is 11.6 Å². The molecule has 0 spiro atoms. The Kier molecular flexibility index (Phi) is 4.93. The van der Waals surface area contributed by atoms with Crippen LogP contribution in [0.1, 0.15) is 17.8 Å². The second-order valence-electron chi connectivity index (χ2n) is 6.79. The minimum Gasteiger partial charge on any atom is -0.497 e. The molecule has 0 amide bonds. The van der Waals surface area contributed by atoms with Gasteiger partial charge in [0, 0.05) is 37.5 Å². The van der Waals surface area contributed by atoms with Gasteiger partial charge in [-0.05, 0) is 48.7 Å². The maximum absolute atomic E-state index is 5.32. The molecule has 6 nitrogen and oxygen atoms in total. The molecule has 6 heteroatoms. The summed E-state index contributed by atoms with van der Waals surface area (Å²) in [6.07, 6.45) is 5.65. The van der Waals surface area contributed by atoms with Gasteiger partial charge in [0.15, 0.2) is 5.82 Å². The van der Waals surface area contributed by atoms with Crippen LogP contribution in [0.5, 0.6) is 5.75 Å². The van der Waals surface area contributed by atoms with E-state index in [9.17, 15) is 0 Å². The summed E-state index contributed by atoms with van der Waals surface area (Å²) in [7, 11) is 1.71. The first-order valence-corrected chi connectivity index (χ1v) is 8.97. The molecule has 1 fully saturated rings. The van der Waals surface area contributed by atoms with Crippen molar-refractivity contribution in [1.29, 1.82) is 0 Å². The molecule has 1 aliphatic rings. The Morgan fingerprint density at radius 3 is 2.96 bits per heavy atom. The average molecular weight is 349 g/mol. The smallest absolute Gasteiger partial charge is 0.181 e. The van der Waals surface area contributed by atoms with Gasteiger partial charge in [-0.1, -0.05) is 12.1 Å². The largest absolute Gasteiger partial charge is 0.497 e. The van der Waals surface area contributed by atoms with Crippen LogP contribution in [-0.2, 0) is 13.0 Å². The number of hydrogen-bond acceptors (Lipinski definition) is 5. The molecule has 0 saturated carbocycles. The van der Waals surface area contributed by atoms with Crippen LogP contribution in [0.4, 0.5) is 0 Å². The SMILES string of the molecule is COc1cccc(CN2CCC(Cc3nc(-c4ccncc4)n[nH]3)C2)c1. The molecule has 1 atom stereocenters. The van der Waals surface area contributed by atoms with Gasteiger partial charge < -0.3 is 4.74 Å². The summed E-state index contributed by atoms with van der Waals surface area (Å²) in [5, 5.41) is 7.44. The second-order valence-corrected chi connectivity index (χ2v) is 6.79. The van der Waals surface area contributed by atoms with Gasteiger partial charge in [-0.2, -0.15) is 5.10 Å². The molecule has 0 bridgehead atoms. The van der Waals surface area contributed by atoms with E-state index in [1.807, 2.05) is 18.2 Å². The lowest BCUT2D eigenvalue weighted by atomic mass is 10.0. The van der Waals surface area contributed by atoms with E-state index in [4.69, 9.17) is 4.74 Å². The monoisotopic (exact) mass is 349 g/mol. The van der Waals surface area contributed by atoms with Crippen LogP contribution in [-0.4, -0.2) is 45.3 Å². The third kappa shape index (κ3) is 3.91. The molecule has 4 rings (SSSR count). The van der Waals surface area contributed by atoms with E-state index < -0.39 is 0 Å². The highest BCUT2D eigenvalue weighted by Gasteiger charge is 2.24. The first kappa shape index (κ1) is 16.7. The highest BCUT2D eigenvalue weighted by Crippen LogP contribution is 2.23. The fourth-order valence-corrected chi connectivity index (χ4v) is 3.54. The van der Waals surface area contributed by atoms with Crippen LogP contribution in [0.2, 0.25) is 0 Å². The maximum Gasteiger partial charge on any atom is 0.181 e. The Morgan fingerprint density at radius 1 is 1.23 bits per heavy atom. The van der Waals surface area contributed by atoms with Gasteiger partial charge in [-0.25, -0.2) is 4.98 Å². The summed E-state index contributed by atoms with van der Waals surface area (Å²) in [6.45, 7) is 3.17. The van der Waals surface area contributed by atoms with Crippen LogP contribution in [0.3, 0.4) is 0 Å². The summed E-state index contributed by atoms with van der Waals surface area (Å²) in [5.41, 5.74) is 2.29. The van der Waals surface area contributed by atoms with Gasteiger partial charge in [-0.3, -0.25) is 15.0 Å². The number of ether oxygens (including phenoxy) is 1. The predicted molar refractivity (Wildman–Crippen MR) is 99.7 cm³/mol. The number of rotatable bonds is 6. The predicted octanol–water partition coefficient (Wildman–Crippen LogP) is 2.94. The van der Waals surface area contributed by atoms with Gasteiger partial charge >= 0.3 is 0 Å². The molecular formula is C20H23N5O. The zero-order valence-electron chi connectivity index (χ0n) is 14.9. The van der Waals surface area contributed by atoms with Gasteiger partial charge in [-0.15, -0.1) is 0 Å². The lowest BCUT2D eigenvalue weighted by Gasteiger charge is -2.16. The van der Waals surface area contributed by atoms with Crippen LogP contribution in [0.15, 0.2) is 48.8 Å². The number of aromatic nitrogens is 4. The molecule has 134 valence electrons. The van der Waals surface area contributed by atoms with Crippen molar-refractivity contribution in [2.75, 3.05) is 20.2 Å². The molecule has 1 unspecified atom stereocenters. The molecule has 0 radical (unpaired) electrons. The van der Waals surface area contributed by atoms with Crippen molar-refractivity contribution in [2.45, 2.75) is 19.4 Å². The number of nitrogens with zero attached hydrogens (tertiary/aromatic N) is 4. The molecular weight excluding hydrogens is 326 g/mol. The molecule has 0 aliphatic carbocycles. The number of benzene rings is 1. The number of methoxy groups -OCH3 is 1. The summed E-state index contributed by atoms with van der Waals surface area (Å²) in [6, 6.07) is 12.2. The van der Waals surface area contributed by atoms with Gasteiger partial charge in [0.2, 0.25) is 0 Å². The van der Waals surface area contributed by atoms with Crippen LogP contribution < -0.4 is 4.74 Å². The fraction of sp³-hybridized carbons (Fsp3) is 0.350. The topological polar surface area (TPSA) is 66.9 Å². The van der Waals surface area contributed by atoms with E-state index in [0.29, 0.717) is 5.92 Å². The van der Waals surface area contributed by atoms with Crippen molar-refractivity contribution < 1.29 is 4.74 Å². The molecule has 3 heterocycles. The Morgan fingerprint density at radius 2 is 2.12 bits per heavy atom. The van der Waals surface area contributed by atoms with Crippen molar-refractivity contribution in [1.82, 2.24) is 25.1 Å². The highest BCUT2D eigenvalue weighted by atomic mass is 16.5. The first-order valence-electron chi connectivity index (χ1n) is 8.97. The third-order valence-corrected chi connectivity index (χ3v) is 4.86. The van der Waals surface area contributed by atoms with Crippen molar-refractivity contribution in [3.63, 3.8) is 0 Å². The summed E-state index contributed by atoms with van der Waals surface area (Å²) in [4.78, 5) is 11.2. The normalized spacial score (nSPS) is 17.5. The van der Waals surface area contributed by atoms with Crippen LogP contribution in [0.25, 0.3) is 11.4 Å². The van der Waals surface area contributed by atoms with Crippen LogP contribution >= 0.6 is 0 Å². The highest BCUT2D eigenvalue weighted by molar-refractivity contribution is 5.52. The number of H-pyrrole nitrogens is 1. The summed E-state index contributed by atoms with van der Waals surface area (Å²) >= 11 is 0. The quantitative estimate of drug-likeness (QED) is 0.741. The number of likely N-dealkylation sites (tertiary alicyclic amines) is 1. The second kappa shape index (κ2) is 7.66. The third-order valence-electron chi connectivity index (χ3n) is 4.86. The van der Waals surface area contributed by atoms with Crippen molar-refractivity contribution >= 4 is 0 Å². The van der Waals surface area contributed by atoms with E-state index in [2.05, 4.69) is 43.3 Å². The Labute approximate surface area is 153 Å². The molecule has 2 aromatic heterocycles. The number of pyridine rings is 1. The Bertz CT molecular complexity index is 848. The summed E-state index contributed by atoms with van der Waals surface area (Å²) < 4.78 is 5.32. The molecule has 3 aromatic rings. The number of aromatic amines is 1. The minimum atomic E-state index is 0.610. The molecule has 1 aliphatic heterocycles. The van der Waals surface area contributed by atoms with Crippen LogP contribution in [0, 0.1) is 5.92 Å². The maximum atomic E-state index is 5.32. The average Bonchev–Trinajstić information content (AvgIpc) is 3.33. The van der Waals surface area contributed by atoms with Crippen molar-refractivity contribution in [3.8, 4) is 17.1 Å². The van der Waals surface area contributed by atoms with E-state index in [1.165, 1.54) is 12.0 Å². The fourth-order valence-electron chi connectivity index (χ4n) is 3.54. The minimum absolute atomic E-state index is 0.610. The van der Waals surface area contributed by atoms with Crippen molar-refractivity contribution in [2.24, 2.45) is 5.92 Å².